The minimum absolute atomic E-state index is 0.118. The van der Waals surface area contributed by atoms with Crippen molar-refractivity contribution < 1.29 is 0 Å². The number of anilines is 4. The fraction of sp³-hybridized carbons (Fsp3) is 0.154. The molecule has 2 heterocycles. The summed E-state index contributed by atoms with van der Waals surface area (Å²) in [5.41, 5.74) is 13.3. The summed E-state index contributed by atoms with van der Waals surface area (Å²) in [5, 5.41) is 12.2. The minimum Gasteiger partial charge on any atom is -0.368 e. The number of nitrogens with one attached hydrogen (secondary N) is 1. The summed E-state index contributed by atoms with van der Waals surface area (Å²) in [6.45, 7) is 2.05. The van der Waals surface area contributed by atoms with Crippen molar-refractivity contribution in [2.24, 2.45) is 0 Å². The van der Waals surface area contributed by atoms with Gasteiger partial charge in [0.05, 0.1) is 5.75 Å². The fourth-order valence-corrected chi connectivity index (χ4v) is 3.35. The molecule has 118 valence electrons. The van der Waals surface area contributed by atoms with E-state index in [0.717, 1.165) is 15.2 Å². The second-order valence-corrected chi connectivity index (χ2v) is 6.82. The molecule has 0 aliphatic carbocycles. The van der Waals surface area contributed by atoms with E-state index in [4.69, 9.17) is 11.5 Å². The van der Waals surface area contributed by atoms with E-state index in [-0.39, 0.29) is 11.9 Å². The summed E-state index contributed by atoms with van der Waals surface area (Å²) in [6, 6.07) is 8.07. The number of hydrogen-bond acceptors (Lipinski definition) is 10. The topological polar surface area (TPSA) is 129 Å². The van der Waals surface area contributed by atoms with Crippen molar-refractivity contribution in [3.63, 3.8) is 0 Å². The van der Waals surface area contributed by atoms with Crippen LogP contribution in [0.25, 0.3) is 0 Å². The van der Waals surface area contributed by atoms with Crippen LogP contribution in [-0.4, -0.2) is 25.1 Å². The quantitative estimate of drug-likeness (QED) is 0.595. The third-order valence-electron chi connectivity index (χ3n) is 2.75. The largest absolute Gasteiger partial charge is 0.368 e. The van der Waals surface area contributed by atoms with Crippen molar-refractivity contribution in [3.8, 4) is 0 Å². The van der Waals surface area contributed by atoms with Gasteiger partial charge in [-0.15, -0.1) is 10.2 Å². The van der Waals surface area contributed by atoms with E-state index < -0.39 is 0 Å². The van der Waals surface area contributed by atoms with E-state index in [1.54, 1.807) is 0 Å². The summed E-state index contributed by atoms with van der Waals surface area (Å²) in [5.74, 6) is 1.25. The van der Waals surface area contributed by atoms with E-state index >= 15 is 0 Å². The minimum atomic E-state index is 0.118. The number of rotatable bonds is 5. The molecule has 0 aliphatic heterocycles. The molecule has 0 spiro atoms. The lowest BCUT2D eigenvalue weighted by molar-refractivity contribution is 0.980. The Morgan fingerprint density at radius 3 is 2.43 bits per heavy atom. The Balaban J connectivity index is 1.61. The third-order valence-corrected chi connectivity index (χ3v) is 4.72. The van der Waals surface area contributed by atoms with Gasteiger partial charge in [0.1, 0.15) is 5.82 Å². The molecule has 5 N–H and O–H groups in total. The summed E-state index contributed by atoms with van der Waals surface area (Å²) >= 11 is 2.92. The van der Waals surface area contributed by atoms with Gasteiger partial charge in [-0.2, -0.15) is 15.0 Å². The van der Waals surface area contributed by atoms with Crippen LogP contribution < -0.4 is 16.8 Å². The standard InChI is InChI=1S/C13H14N8S2/c1-7-2-4-8(5-3-7)16-12-20-21-13(23-12)22-6-9-17-10(14)19-11(15)18-9/h2-5H,6H2,1H3,(H,16,20)(H4,14,15,17,18,19). The molecular weight excluding hydrogens is 332 g/mol. The highest BCUT2D eigenvalue weighted by atomic mass is 32.2. The summed E-state index contributed by atoms with van der Waals surface area (Å²) < 4.78 is 0.803. The van der Waals surface area contributed by atoms with Crippen molar-refractivity contribution >= 4 is 45.8 Å². The van der Waals surface area contributed by atoms with Gasteiger partial charge in [-0.1, -0.05) is 40.8 Å². The van der Waals surface area contributed by atoms with Gasteiger partial charge in [0, 0.05) is 5.69 Å². The molecule has 0 bridgehead atoms. The average molecular weight is 346 g/mol. The first-order valence-electron chi connectivity index (χ1n) is 6.64. The zero-order chi connectivity index (χ0) is 16.2. The van der Waals surface area contributed by atoms with Gasteiger partial charge in [-0.05, 0) is 19.1 Å². The highest BCUT2D eigenvalue weighted by molar-refractivity contribution is 8.00. The van der Waals surface area contributed by atoms with Gasteiger partial charge in [0.15, 0.2) is 4.34 Å². The van der Waals surface area contributed by atoms with E-state index in [1.165, 1.54) is 28.7 Å². The van der Waals surface area contributed by atoms with Crippen LogP contribution in [0.15, 0.2) is 28.6 Å². The Labute approximate surface area is 140 Å². The molecule has 8 nitrogen and oxygen atoms in total. The lowest BCUT2D eigenvalue weighted by atomic mass is 10.2. The van der Waals surface area contributed by atoms with Crippen LogP contribution in [0.2, 0.25) is 0 Å². The monoisotopic (exact) mass is 346 g/mol. The number of hydrogen-bond donors (Lipinski definition) is 3. The van der Waals surface area contributed by atoms with Crippen molar-refractivity contribution in [1.29, 1.82) is 0 Å². The highest BCUT2D eigenvalue weighted by Crippen LogP contribution is 2.29. The van der Waals surface area contributed by atoms with Crippen molar-refractivity contribution in [3.05, 3.63) is 35.7 Å². The molecule has 0 aliphatic rings. The predicted molar refractivity (Wildman–Crippen MR) is 92.6 cm³/mol. The maximum absolute atomic E-state index is 5.54. The van der Waals surface area contributed by atoms with Crippen molar-refractivity contribution in [2.75, 3.05) is 16.8 Å². The molecule has 1 aromatic carbocycles. The molecule has 0 radical (unpaired) electrons. The first-order valence-corrected chi connectivity index (χ1v) is 8.44. The number of aryl methyl sites for hydroxylation is 1. The maximum Gasteiger partial charge on any atom is 0.225 e. The molecule has 0 amide bonds. The van der Waals surface area contributed by atoms with Gasteiger partial charge in [0.25, 0.3) is 0 Å². The number of aromatic nitrogens is 5. The molecule has 3 rings (SSSR count). The second-order valence-electron chi connectivity index (χ2n) is 4.62. The lowest BCUT2D eigenvalue weighted by Gasteiger charge is -2.01. The van der Waals surface area contributed by atoms with E-state index in [0.29, 0.717) is 11.6 Å². The van der Waals surface area contributed by atoms with Crippen LogP contribution in [0.3, 0.4) is 0 Å². The molecule has 0 atom stereocenters. The van der Waals surface area contributed by atoms with Gasteiger partial charge in [0.2, 0.25) is 17.0 Å². The van der Waals surface area contributed by atoms with Gasteiger partial charge >= 0.3 is 0 Å². The number of nitrogen functional groups attached to an aromatic ring is 2. The predicted octanol–water partition coefficient (Wildman–Crippen LogP) is 2.23. The van der Waals surface area contributed by atoms with Gasteiger partial charge < -0.3 is 16.8 Å². The Kier molecular flexibility index (Phi) is 4.53. The molecule has 10 heteroatoms. The van der Waals surface area contributed by atoms with Crippen LogP contribution >= 0.6 is 23.1 Å². The Morgan fingerprint density at radius 1 is 1.04 bits per heavy atom. The summed E-state index contributed by atoms with van der Waals surface area (Å²) in [7, 11) is 0. The van der Waals surface area contributed by atoms with E-state index in [2.05, 4.69) is 30.5 Å². The normalized spacial score (nSPS) is 10.7. The maximum atomic E-state index is 5.54. The molecule has 0 saturated carbocycles. The Morgan fingerprint density at radius 2 is 1.74 bits per heavy atom. The highest BCUT2D eigenvalue weighted by Gasteiger charge is 2.08. The molecule has 0 fully saturated rings. The van der Waals surface area contributed by atoms with Crippen LogP contribution in [0, 0.1) is 6.92 Å². The summed E-state index contributed by atoms with van der Waals surface area (Å²) in [6.07, 6.45) is 0. The first kappa shape index (κ1) is 15.4. The number of benzene rings is 1. The molecule has 0 saturated heterocycles. The SMILES string of the molecule is Cc1ccc(Nc2nnc(SCc3nc(N)nc(N)n3)s2)cc1. The van der Waals surface area contributed by atoms with Crippen LogP contribution in [-0.2, 0) is 5.75 Å². The Bertz CT molecular complexity index is 782. The molecule has 23 heavy (non-hydrogen) atoms. The van der Waals surface area contributed by atoms with Gasteiger partial charge in [-0.3, -0.25) is 0 Å². The zero-order valence-electron chi connectivity index (χ0n) is 12.2. The molecule has 3 aromatic rings. The van der Waals surface area contributed by atoms with E-state index in [9.17, 15) is 0 Å². The lowest BCUT2D eigenvalue weighted by Crippen LogP contribution is -2.05. The molecule has 0 unspecified atom stereocenters. The third kappa shape index (κ3) is 4.27. The molecular formula is C13H14N8S2. The number of thioether (sulfide) groups is 1. The zero-order valence-corrected chi connectivity index (χ0v) is 13.9. The van der Waals surface area contributed by atoms with Crippen LogP contribution in [0.5, 0.6) is 0 Å². The second kappa shape index (κ2) is 6.75. The smallest absolute Gasteiger partial charge is 0.225 e. The van der Waals surface area contributed by atoms with Gasteiger partial charge in [-0.25, -0.2) is 0 Å². The average Bonchev–Trinajstić information content (AvgIpc) is 2.94. The Hall–Kier alpha value is -2.46. The molecule has 2 aromatic heterocycles. The van der Waals surface area contributed by atoms with Crippen molar-refractivity contribution in [2.45, 2.75) is 17.0 Å². The number of nitrogens with two attached hydrogens (primary N) is 2. The summed E-state index contributed by atoms with van der Waals surface area (Å²) in [4.78, 5) is 11.8. The fourth-order valence-electron chi connectivity index (χ4n) is 1.73. The van der Waals surface area contributed by atoms with E-state index in [1.807, 2.05) is 31.2 Å². The van der Waals surface area contributed by atoms with Crippen LogP contribution in [0.4, 0.5) is 22.7 Å². The number of nitrogens with zero attached hydrogens (tertiary/aromatic N) is 5. The van der Waals surface area contributed by atoms with Crippen LogP contribution in [0.1, 0.15) is 11.4 Å². The first-order chi connectivity index (χ1) is 11.1. The van der Waals surface area contributed by atoms with Crippen molar-refractivity contribution in [1.82, 2.24) is 25.1 Å².